The molecule has 5 heteroatoms. The van der Waals surface area contributed by atoms with E-state index in [4.69, 9.17) is 5.73 Å². The highest BCUT2D eigenvalue weighted by Crippen LogP contribution is 2.32. The fourth-order valence-electron chi connectivity index (χ4n) is 2.37. The molecule has 2 rings (SSSR count). The molecule has 0 aromatic carbocycles. The summed E-state index contributed by atoms with van der Waals surface area (Å²) in [4.78, 5) is 24.7. The number of aryl methyl sites for hydroxylation is 1. The summed E-state index contributed by atoms with van der Waals surface area (Å²) in [6.45, 7) is 2.75. The van der Waals surface area contributed by atoms with Gasteiger partial charge in [-0.25, -0.2) is 0 Å². The number of nitrogens with two attached hydrogens (primary N) is 1. The summed E-state index contributed by atoms with van der Waals surface area (Å²) >= 11 is 1.61. The number of thiophene rings is 1. The summed E-state index contributed by atoms with van der Waals surface area (Å²) in [6.07, 6.45) is 4.31. The Balaban J connectivity index is 1.88. The van der Waals surface area contributed by atoms with E-state index in [9.17, 15) is 9.59 Å². The van der Waals surface area contributed by atoms with Crippen LogP contribution >= 0.6 is 11.3 Å². The maximum Gasteiger partial charge on any atom is 0.261 e. The number of carbonyl (C=O) groups is 2. The zero-order valence-electron chi connectivity index (χ0n) is 11.2. The van der Waals surface area contributed by atoms with Crippen LogP contribution in [0.25, 0.3) is 0 Å². The lowest BCUT2D eigenvalue weighted by molar-refractivity contribution is -0.118. The molecular weight excluding hydrogens is 260 g/mol. The number of hydrogen-bond donors (Lipinski definition) is 2. The number of primary amides is 1. The smallest absolute Gasteiger partial charge is 0.261 e. The predicted octanol–water partition coefficient (Wildman–Crippen LogP) is 1.87. The van der Waals surface area contributed by atoms with Gasteiger partial charge in [0.15, 0.2) is 0 Å². The average molecular weight is 280 g/mol. The van der Waals surface area contributed by atoms with Crippen molar-refractivity contribution in [2.24, 2.45) is 11.7 Å². The predicted molar refractivity (Wildman–Crippen MR) is 76.3 cm³/mol. The molecule has 0 spiro atoms. The molecule has 1 aliphatic carbocycles. The summed E-state index contributed by atoms with van der Waals surface area (Å²) < 4.78 is 0. The number of hydrogen-bond acceptors (Lipinski definition) is 3. The standard InChI is InChI=1S/C14H20N2O2S/c1-9-4-5-11-10(7-9)8-12(19-11)14(18)16-6-2-3-13(15)17/h8-9H,2-7H2,1H3,(H2,15,17)(H,16,18)/t9-/m1/s1. The normalized spacial score (nSPS) is 17.8. The van der Waals surface area contributed by atoms with Gasteiger partial charge in [-0.15, -0.1) is 11.3 Å². The van der Waals surface area contributed by atoms with Gasteiger partial charge in [0.2, 0.25) is 5.91 Å². The molecule has 1 aromatic rings. The van der Waals surface area contributed by atoms with Crippen LogP contribution in [0.2, 0.25) is 0 Å². The third-order valence-electron chi connectivity index (χ3n) is 3.44. The average Bonchev–Trinajstić information content (AvgIpc) is 2.77. The van der Waals surface area contributed by atoms with Gasteiger partial charge in [-0.2, -0.15) is 0 Å². The van der Waals surface area contributed by atoms with Crippen molar-refractivity contribution in [1.29, 1.82) is 0 Å². The van der Waals surface area contributed by atoms with Gasteiger partial charge in [0.05, 0.1) is 4.88 Å². The summed E-state index contributed by atoms with van der Waals surface area (Å²) in [5.41, 5.74) is 6.39. The lowest BCUT2D eigenvalue weighted by atomic mass is 9.90. The number of amides is 2. The van der Waals surface area contributed by atoms with Crippen molar-refractivity contribution in [3.63, 3.8) is 0 Å². The zero-order valence-corrected chi connectivity index (χ0v) is 12.0. The Labute approximate surface area is 117 Å². The van der Waals surface area contributed by atoms with Crippen molar-refractivity contribution < 1.29 is 9.59 Å². The van der Waals surface area contributed by atoms with E-state index in [1.807, 2.05) is 6.07 Å². The van der Waals surface area contributed by atoms with Crippen LogP contribution in [0.15, 0.2) is 6.07 Å². The minimum atomic E-state index is -0.324. The molecule has 1 atom stereocenters. The largest absolute Gasteiger partial charge is 0.370 e. The molecule has 0 radical (unpaired) electrons. The van der Waals surface area contributed by atoms with Crippen molar-refractivity contribution in [3.8, 4) is 0 Å². The number of fused-ring (bicyclic) bond motifs is 1. The van der Waals surface area contributed by atoms with E-state index < -0.39 is 0 Å². The van der Waals surface area contributed by atoms with Crippen LogP contribution in [-0.4, -0.2) is 18.4 Å². The van der Waals surface area contributed by atoms with E-state index in [1.54, 1.807) is 11.3 Å². The van der Waals surface area contributed by atoms with Crippen molar-refractivity contribution in [3.05, 3.63) is 21.4 Å². The van der Waals surface area contributed by atoms with E-state index in [-0.39, 0.29) is 11.8 Å². The van der Waals surface area contributed by atoms with Crippen molar-refractivity contribution in [2.75, 3.05) is 6.54 Å². The molecule has 3 N–H and O–H groups in total. The maximum atomic E-state index is 12.0. The van der Waals surface area contributed by atoms with Crippen LogP contribution < -0.4 is 11.1 Å². The highest BCUT2D eigenvalue weighted by Gasteiger charge is 2.20. The maximum absolute atomic E-state index is 12.0. The van der Waals surface area contributed by atoms with Crippen LogP contribution in [0.4, 0.5) is 0 Å². The third kappa shape index (κ3) is 3.80. The Morgan fingerprint density at radius 3 is 3.05 bits per heavy atom. The van der Waals surface area contributed by atoms with Crippen LogP contribution in [-0.2, 0) is 17.6 Å². The molecule has 104 valence electrons. The second kappa shape index (κ2) is 6.19. The number of carbonyl (C=O) groups excluding carboxylic acids is 2. The molecule has 1 aromatic heterocycles. The van der Waals surface area contributed by atoms with E-state index >= 15 is 0 Å². The molecule has 1 heterocycles. The summed E-state index contributed by atoms with van der Waals surface area (Å²) in [5.74, 6) is 0.361. The Morgan fingerprint density at radius 2 is 2.32 bits per heavy atom. The molecule has 0 saturated heterocycles. The van der Waals surface area contributed by atoms with E-state index in [2.05, 4.69) is 12.2 Å². The van der Waals surface area contributed by atoms with Crippen LogP contribution in [0, 0.1) is 5.92 Å². The molecular formula is C14H20N2O2S. The summed E-state index contributed by atoms with van der Waals surface area (Å²) in [7, 11) is 0. The minimum absolute atomic E-state index is 0.0310. The quantitative estimate of drug-likeness (QED) is 0.808. The van der Waals surface area contributed by atoms with Gasteiger partial charge in [0.25, 0.3) is 5.91 Å². The number of rotatable bonds is 5. The van der Waals surface area contributed by atoms with Crippen molar-refractivity contribution in [2.45, 2.75) is 39.0 Å². The van der Waals surface area contributed by atoms with Gasteiger partial charge in [0, 0.05) is 17.8 Å². The highest BCUT2D eigenvalue weighted by atomic mass is 32.1. The first-order chi connectivity index (χ1) is 9.06. The van der Waals surface area contributed by atoms with Crippen LogP contribution in [0.3, 0.4) is 0 Å². The molecule has 0 unspecified atom stereocenters. The lowest BCUT2D eigenvalue weighted by Crippen LogP contribution is -2.24. The fourth-order valence-corrected chi connectivity index (χ4v) is 3.49. The Kier molecular flexibility index (Phi) is 4.58. The topological polar surface area (TPSA) is 72.2 Å². The molecule has 0 bridgehead atoms. The van der Waals surface area contributed by atoms with Gasteiger partial charge in [-0.3, -0.25) is 9.59 Å². The molecule has 2 amide bonds. The highest BCUT2D eigenvalue weighted by molar-refractivity contribution is 7.14. The zero-order chi connectivity index (χ0) is 13.8. The molecule has 1 aliphatic rings. The first-order valence-electron chi connectivity index (χ1n) is 6.74. The number of nitrogens with one attached hydrogen (secondary N) is 1. The molecule has 19 heavy (non-hydrogen) atoms. The van der Waals surface area contributed by atoms with E-state index in [0.717, 1.165) is 17.7 Å². The SMILES string of the molecule is C[C@@H]1CCc2sc(C(=O)NCCCC(N)=O)cc2C1. The van der Waals surface area contributed by atoms with Gasteiger partial charge in [-0.05, 0) is 43.2 Å². The summed E-state index contributed by atoms with van der Waals surface area (Å²) in [5, 5.41) is 2.84. The van der Waals surface area contributed by atoms with Crippen molar-refractivity contribution >= 4 is 23.2 Å². The molecule has 0 saturated carbocycles. The van der Waals surface area contributed by atoms with E-state index in [1.165, 1.54) is 16.9 Å². The second-order valence-corrected chi connectivity index (χ2v) is 6.37. The molecule has 0 fully saturated rings. The van der Waals surface area contributed by atoms with Gasteiger partial charge in [0.1, 0.15) is 0 Å². The first kappa shape index (κ1) is 14.1. The van der Waals surface area contributed by atoms with E-state index in [0.29, 0.717) is 25.3 Å². The lowest BCUT2D eigenvalue weighted by Gasteiger charge is -2.16. The van der Waals surface area contributed by atoms with Crippen LogP contribution in [0.5, 0.6) is 0 Å². The first-order valence-corrected chi connectivity index (χ1v) is 7.56. The van der Waals surface area contributed by atoms with Crippen LogP contribution in [0.1, 0.15) is 46.3 Å². The Bertz CT molecular complexity index is 482. The summed E-state index contributed by atoms with van der Waals surface area (Å²) in [6, 6.07) is 2.03. The van der Waals surface area contributed by atoms with Gasteiger partial charge < -0.3 is 11.1 Å². The van der Waals surface area contributed by atoms with Gasteiger partial charge in [-0.1, -0.05) is 6.92 Å². The molecule has 4 nitrogen and oxygen atoms in total. The Morgan fingerprint density at radius 1 is 1.53 bits per heavy atom. The fraction of sp³-hybridized carbons (Fsp3) is 0.571. The molecule has 0 aliphatic heterocycles. The minimum Gasteiger partial charge on any atom is -0.370 e. The Hall–Kier alpha value is -1.36. The van der Waals surface area contributed by atoms with Crippen molar-refractivity contribution in [1.82, 2.24) is 5.32 Å². The van der Waals surface area contributed by atoms with Gasteiger partial charge >= 0.3 is 0 Å². The second-order valence-electron chi connectivity index (χ2n) is 5.23. The third-order valence-corrected chi connectivity index (χ3v) is 4.67. The monoisotopic (exact) mass is 280 g/mol.